The number of carbonyl (C=O) groups excluding carboxylic acids is 2. The van der Waals surface area contributed by atoms with E-state index in [-0.39, 0.29) is 22.1 Å². The minimum atomic E-state index is -4.88. The summed E-state index contributed by atoms with van der Waals surface area (Å²) in [4.78, 5) is 32.1. The Morgan fingerprint density at radius 2 is 1.82 bits per heavy atom. The van der Waals surface area contributed by atoms with Gasteiger partial charge < -0.3 is 10.2 Å². The normalized spacial score (nSPS) is 16.4. The van der Waals surface area contributed by atoms with Gasteiger partial charge in [0.05, 0.1) is 23.0 Å². The highest BCUT2D eigenvalue weighted by Crippen LogP contribution is 2.48. The minimum absolute atomic E-state index is 0.157. The third-order valence-corrected chi connectivity index (χ3v) is 6.99. The van der Waals surface area contributed by atoms with E-state index in [0.29, 0.717) is 31.0 Å². The number of pyridine rings is 1. The summed E-state index contributed by atoms with van der Waals surface area (Å²) in [6.07, 6.45) is -2.57. The lowest BCUT2D eigenvalue weighted by atomic mass is 9.75. The Bertz CT molecular complexity index is 1520. The van der Waals surface area contributed by atoms with Crippen molar-refractivity contribution < 1.29 is 27.2 Å². The van der Waals surface area contributed by atoms with E-state index in [1.165, 1.54) is 23.1 Å². The van der Waals surface area contributed by atoms with Crippen LogP contribution in [-0.4, -0.2) is 27.4 Å². The number of nitriles is 1. The van der Waals surface area contributed by atoms with E-state index in [4.69, 9.17) is 17.5 Å². The molecule has 2 amide bonds. The highest BCUT2D eigenvalue weighted by molar-refractivity contribution is 7.81. The topological polar surface area (TPSA) is 89.3 Å². The molecule has 38 heavy (non-hydrogen) atoms. The van der Waals surface area contributed by atoms with Crippen molar-refractivity contribution in [2.45, 2.75) is 31.0 Å². The summed E-state index contributed by atoms with van der Waals surface area (Å²) < 4.78 is 55.8. The Morgan fingerprint density at radius 3 is 2.39 bits per heavy atom. The van der Waals surface area contributed by atoms with Crippen molar-refractivity contribution in [2.24, 2.45) is 0 Å². The van der Waals surface area contributed by atoms with Crippen molar-refractivity contribution in [1.29, 1.82) is 5.26 Å². The van der Waals surface area contributed by atoms with Crippen LogP contribution in [0.3, 0.4) is 0 Å². The quantitative estimate of drug-likeness (QED) is 0.352. The van der Waals surface area contributed by atoms with Crippen molar-refractivity contribution in [3.63, 3.8) is 0 Å². The SMILES string of the molecule is N#Cc1ncc(N2C(=O)C3(CCC3)N(c3ccc(C(=O)Nc4ccccc4)c(F)c3)C2=S)cc1C(F)(F)F. The van der Waals surface area contributed by atoms with Gasteiger partial charge in [-0.05, 0) is 67.9 Å². The lowest BCUT2D eigenvalue weighted by Crippen LogP contribution is -2.55. The number of halogens is 4. The molecule has 0 radical (unpaired) electrons. The van der Waals surface area contributed by atoms with Gasteiger partial charge in [-0.1, -0.05) is 18.2 Å². The summed E-state index contributed by atoms with van der Waals surface area (Å²) in [6.45, 7) is 0. The average Bonchev–Trinajstić information content (AvgIpc) is 3.10. The Balaban J connectivity index is 1.50. The number of thiocarbonyl (C=S) groups is 1. The molecular formula is C26H17F4N5O2S. The van der Waals surface area contributed by atoms with Gasteiger partial charge in [-0.2, -0.15) is 18.4 Å². The van der Waals surface area contributed by atoms with Crippen LogP contribution in [0, 0.1) is 17.1 Å². The number of para-hydroxylation sites is 1. The van der Waals surface area contributed by atoms with Crippen LogP contribution in [0.1, 0.15) is 40.9 Å². The number of aromatic nitrogens is 1. The monoisotopic (exact) mass is 539 g/mol. The number of hydrogen-bond acceptors (Lipinski definition) is 5. The molecule has 2 heterocycles. The van der Waals surface area contributed by atoms with Gasteiger partial charge in [0.15, 0.2) is 10.8 Å². The number of nitrogens with one attached hydrogen (secondary N) is 1. The van der Waals surface area contributed by atoms with Gasteiger partial charge >= 0.3 is 6.18 Å². The fourth-order valence-electron chi connectivity index (χ4n) is 4.64. The van der Waals surface area contributed by atoms with E-state index in [9.17, 15) is 22.8 Å². The lowest BCUT2D eigenvalue weighted by Gasteiger charge is -2.43. The van der Waals surface area contributed by atoms with Crippen molar-refractivity contribution >= 4 is 46.2 Å². The first kappa shape index (κ1) is 25.3. The number of rotatable bonds is 4. The van der Waals surface area contributed by atoms with E-state index in [2.05, 4.69) is 10.3 Å². The number of nitrogens with zero attached hydrogens (tertiary/aromatic N) is 4. The first-order chi connectivity index (χ1) is 18.1. The maximum atomic E-state index is 15.1. The molecule has 1 saturated heterocycles. The minimum Gasteiger partial charge on any atom is -0.322 e. The standard InChI is InChI=1S/C26H17F4N5O2S/c27-20-12-16(7-8-18(20)22(36)33-15-5-2-1-3-6-15)35-24(38)34(23(37)25(35)9-4-10-25)17-11-19(26(28,29)30)21(13-31)32-14-17/h1-3,5-8,11-12,14H,4,9-10H2,(H,33,36). The molecule has 1 aromatic heterocycles. The van der Waals surface area contributed by atoms with Crippen LogP contribution in [0.5, 0.6) is 0 Å². The zero-order valence-corrected chi connectivity index (χ0v) is 20.2. The fraction of sp³-hybridized carbons (Fsp3) is 0.192. The second-order valence-corrected chi connectivity index (χ2v) is 9.19. The molecule has 0 bridgehead atoms. The number of hydrogen-bond donors (Lipinski definition) is 1. The summed E-state index contributed by atoms with van der Waals surface area (Å²) in [5.74, 6) is -2.11. The molecule has 12 heteroatoms. The molecule has 1 N–H and O–H groups in total. The summed E-state index contributed by atoms with van der Waals surface area (Å²) in [5, 5.41) is 11.5. The van der Waals surface area contributed by atoms with E-state index >= 15 is 4.39 Å². The summed E-state index contributed by atoms with van der Waals surface area (Å²) in [7, 11) is 0. The largest absolute Gasteiger partial charge is 0.419 e. The third-order valence-electron chi connectivity index (χ3n) is 6.62. The van der Waals surface area contributed by atoms with Crippen LogP contribution < -0.4 is 15.1 Å². The van der Waals surface area contributed by atoms with Gasteiger partial charge in [0.25, 0.3) is 11.8 Å². The van der Waals surface area contributed by atoms with Crippen LogP contribution in [0.2, 0.25) is 0 Å². The van der Waals surface area contributed by atoms with E-state index < -0.39 is 40.6 Å². The predicted octanol–water partition coefficient (Wildman–Crippen LogP) is 5.42. The van der Waals surface area contributed by atoms with E-state index in [1.807, 2.05) is 0 Å². The number of alkyl halides is 3. The Labute approximate surface area is 219 Å². The van der Waals surface area contributed by atoms with Crippen LogP contribution in [0.15, 0.2) is 60.8 Å². The molecule has 5 rings (SSSR count). The molecule has 192 valence electrons. The molecular weight excluding hydrogens is 522 g/mol. The summed E-state index contributed by atoms with van der Waals surface area (Å²) >= 11 is 5.52. The van der Waals surface area contributed by atoms with E-state index in [1.54, 1.807) is 30.3 Å². The number of carbonyl (C=O) groups is 2. The molecule has 3 aromatic rings. The molecule has 7 nitrogen and oxygen atoms in total. The third kappa shape index (κ3) is 4.05. The highest BCUT2D eigenvalue weighted by Gasteiger charge is 2.60. The highest BCUT2D eigenvalue weighted by atomic mass is 32.1. The van der Waals surface area contributed by atoms with Gasteiger partial charge in [0.2, 0.25) is 0 Å². The van der Waals surface area contributed by atoms with E-state index in [0.717, 1.165) is 17.2 Å². The average molecular weight is 540 g/mol. The molecule has 2 aromatic carbocycles. The lowest BCUT2D eigenvalue weighted by molar-refractivity contribution is -0.138. The Hall–Kier alpha value is -4.37. The maximum Gasteiger partial charge on any atom is 0.419 e. The van der Waals surface area contributed by atoms with Crippen molar-refractivity contribution in [2.75, 3.05) is 15.1 Å². The van der Waals surface area contributed by atoms with Gasteiger partial charge in [-0.15, -0.1) is 0 Å². The van der Waals surface area contributed by atoms with Gasteiger partial charge in [-0.25, -0.2) is 9.37 Å². The van der Waals surface area contributed by atoms with Crippen LogP contribution in [-0.2, 0) is 11.0 Å². The van der Waals surface area contributed by atoms with Gasteiger partial charge in [0.1, 0.15) is 17.4 Å². The van der Waals surface area contributed by atoms with Crippen molar-refractivity contribution in [3.05, 3.63) is 83.4 Å². The molecule has 0 atom stereocenters. The Kier molecular flexibility index (Phi) is 6.11. The van der Waals surface area contributed by atoms with Crippen molar-refractivity contribution in [3.8, 4) is 6.07 Å². The zero-order valence-electron chi connectivity index (χ0n) is 19.4. The summed E-state index contributed by atoms with van der Waals surface area (Å²) in [6, 6.07) is 14.3. The molecule has 1 spiro atoms. The second kappa shape index (κ2) is 9.18. The zero-order chi connectivity index (χ0) is 27.2. The number of anilines is 3. The van der Waals surface area contributed by atoms with Gasteiger partial charge in [0, 0.05) is 11.4 Å². The molecule has 1 aliphatic carbocycles. The fourth-order valence-corrected chi connectivity index (χ4v) is 5.10. The molecule has 2 fully saturated rings. The number of benzene rings is 2. The molecule has 1 aliphatic heterocycles. The van der Waals surface area contributed by atoms with Crippen LogP contribution in [0.4, 0.5) is 34.6 Å². The molecule has 2 aliphatic rings. The maximum absolute atomic E-state index is 15.1. The summed E-state index contributed by atoms with van der Waals surface area (Å²) in [5.41, 5.74) is -3.17. The first-order valence-electron chi connectivity index (χ1n) is 11.4. The van der Waals surface area contributed by atoms with Crippen LogP contribution in [0.25, 0.3) is 0 Å². The first-order valence-corrected chi connectivity index (χ1v) is 11.8. The number of amides is 2. The predicted molar refractivity (Wildman–Crippen MR) is 134 cm³/mol. The molecule has 1 saturated carbocycles. The molecule has 0 unspecified atom stereocenters. The van der Waals surface area contributed by atoms with Crippen molar-refractivity contribution in [1.82, 2.24) is 4.98 Å². The Morgan fingerprint density at radius 1 is 1.11 bits per heavy atom. The van der Waals surface area contributed by atoms with Crippen LogP contribution >= 0.6 is 12.2 Å². The second-order valence-electron chi connectivity index (χ2n) is 8.83. The van der Waals surface area contributed by atoms with Gasteiger partial charge in [-0.3, -0.25) is 14.5 Å². The smallest absolute Gasteiger partial charge is 0.322 e.